The number of amides is 1. The number of nitrogens with one attached hydrogen (secondary N) is 1. The Morgan fingerprint density at radius 2 is 1.78 bits per heavy atom. The quantitative estimate of drug-likeness (QED) is 0.790. The van der Waals surface area contributed by atoms with Crippen LogP contribution in [-0.2, 0) is 17.6 Å². The third kappa shape index (κ3) is 5.35. The molecule has 3 nitrogen and oxygen atoms in total. The third-order valence-corrected chi connectivity index (χ3v) is 5.59. The Labute approximate surface area is 163 Å². The molecule has 0 saturated carbocycles. The van der Waals surface area contributed by atoms with Crippen LogP contribution in [-0.4, -0.2) is 19.0 Å². The maximum Gasteiger partial charge on any atom is 0.224 e. The minimum atomic E-state index is 0.0155. The number of carbonyl (C=O) groups is 1. The summed E-state index contributed by atoms with van der Waals surface area (Å²) in [7, 11) is 0. The van der Waals surface area contributed by atoms with Gasteiger partial charge in [0.1, 0.15) is 0 Å². The van der Waals surface area contributed by atoms with Crippen molar-refractivity contribution < 1.29 is 4.79 Å². The summed E-state index contributed by atoms with van der Waals surface area (Å²) in [6.45, 7) is 8.81. The summed E-state index contributed by atoms with van der Waals surface area (Å²) in [5, 5.41) is 3.13. The second-order valence-corrected chi connectivity index (χ2v) is 7.92. The number of anilines is 1. The number of hydrogen-bond donors (Lipinski definition) is 1. The summed E-state index contributed by atoms with van der Waals surface area (Å²) in [5.74, 6) is 0.837. The lowest BCUT2D eigenvalue weighted by Gasteiger charge is -2.33. The zero-order chi connectivity index (χ0) is 19.2. The third-order valence-electron chi connectivity index (χ3n) is 5.59. The molecule has 1 aliphatic heterocycles. The van der Waals surface area contributed by atoms with E-state index < -0.39 is 0 Å². The molecule has 1 aliphatic rings. The van der Waals surface area contributed by atoms with Crippen molar-refractivity contribution in [3.63, 3.8) is 0 Å². The summed E-state index contributed by atoms with van der Waals surface area (Å²) in [6, 6.07) is 17.0. The Hall–Kier alpha value is -2.29. The van der Waals surface area contributed by atoms with Crippen molar-refractivity contribution in [3.8, 4) is 0 Å². The first kappa shape index (κ1) is 19.5. The highest BCUT2D eigenvalue weighted by atomic mass is 16.1. The average molecular weight is 365 g/mol. The Morgan fingerprint density at radius 1 is 1.11 bits per heavy atom. The highest BCUT2D eigenvalue weighted by Crippen LogP contribution is 2.24. The van der Waals surface area contributed by atoms with Crippen molar-refractivity contribution in [2.24, 2.45) is 5.92 Å². The van der Waals surface area contributed by atoms with Crippen LogP contribution in [0.3, 0.4) is 0 Å². The zero-order valence-electron chi connectivity index (χ0n) is 16.9. The van der Waals surface area contributed by atoms with Gasteiger partial charge in [-0.1, -0.05) is 50.2 Å². The van der Waals surface area contributed by atoms with Crippen LogP contribution >= 0.6 is 0 Å². The van der Waals surface area contributed by atoms with E-state index in [-0.39, 0.29) is 11.9 Å². The molecule has 0 unspecified atom stereocenters. The first-order chi connectivity index (χ1) is 13.0. The Morgan fingerprint density at radius 3 is 2.41 bits per heavy atom. The standard InChI is InChI=1S/C24H32N2O/c1-4-20-7-9-21(10-8-20)16-24(27)25-19(3)22-11-13-23(14-12-22)26-15-5-6-18(2)17-26/h7-14,18-19H,4-6,15-17H2,1-3H3,(H,25,27)/t18-,19-/m1/s1. The number of piperidine rings is 1. The Kier molecular flexibility index (Phi) is 6.54. The van der Waals surface area contributed by atoms with E-state index in [1.165, 1.54) is 24.1 Å². The van der Waals surface area contributed by atoms with Gasteiger partial charge in [-0.2, -0.15) is 0 Å². The number of hydrogen-bond acceptors (Lipinski definition) is 2. The summed E-state index contributed by atoms with van der Waals surface area (Å²) in [4.78, 5) is 14.9. The monoisotopic (exact) mass is 364 g/mol. The second-order valence-electron chi connectivity index (χ2n) is 7.92. The number of rotatable bonds is 6. The van der Waals surface area contributed by atoms with Crippen LogP contribution < -0.4 is 10.2 Å². The van der Waals surface area contributed by atoms with Gasteiger partial charge in [0.05, 0.1) is 12.5 Å². The summed E-state index contributed by atoms with van der Waals surface area (Å²) >= 11 is 0. The van der Waals surface area contributed by atoms with Crippen LogP contribution in [0.1, 0.15) is 56.3 Å². The van der Waals surface area contributed by atoms with Gasteiger partial charge in [-0.25, -0.2) is 0 Å². The predicted molar refractivity (Wildman–Crippen MR) is 113 cm³/mol. The van der Waals surface area contributed by atoms with E-state index in [1.54, 1.807) is 0 Å². The highest BCUT2D eigenvalue weighted by Gasteiger charge is 2.17. The molecule has 0 spiro atoms. The molecule has 1 N–H and O–H groups in total. The second kappa shape index (κ2) is 9.07. The molecule has 2 atom stereocenters. The minimum absolute atomic E-state index is 0.0155. The fourth-order valence-electron chi connectivity index (χ4n) is 3.85. The van der Waals surface area contributed by atoms with Crippen molar-refractivity contribution in [1.82, 2.24) is 5.32 Å². The molecular formula is C24H32N2O. The Bertz CT molecular complexity index is 736. The predicted octanol–water partition coefficient (Wildman–Crippen LogP) is 4.91. The first-order valence-corrected chi connectivity index (χ1v) is 10.3. The van der Waals surface area contributed by atoms with E-state index >= 15 is 0 Å². The molecule has 0 radical (unpaired) electrons. The van der Waals surface area contributed by atoms with Gasteiger partial charge in [-0.05, 0) is 60.9 Å². The van der Waals surface area contributed by atoms with E-state index in [0.29, 0.717) is 6.42 Å². The van der Waals surface area contributed by atoms with Gasteiger partial charge in [-0.3, -0.25) is 4.79 Å². The molecule has 0 aliphatic carbocycles. The zero-order valence-corrected chi connectivity index (χ0v) is 16.9. The molecule has 0 aromatic heterocycles. The van der Waals surface area contributed by atoms with Gasteiger partial charge in [0.2, 0.25) is 5.91 Å². The van der Waals surface area contributed by atoms with Gasteiger partial charge < -0.3 is 10.2 Å². The molecule has 2 aromatic carbocycles. The number of nitrogens with zero attached hydrogens (tertiary/aromatic N) is 1. The van der Waals surface area contributed by atoms with E-state index in [9.17, 15) is 4.79 Å². The van der Waals surface area contributed by atoms with Crippen LogP contribution in [0.2, 0.25) is 0 Å². The van der Waals surface area contributed by atoms with Crippen molar-refractivity contribution >= 4 is 11.6 Å². The van der Waals surface area contributed by atoms with Gasteiger partial charge in [0, 0.05) is 18.8 Å². The molecule has 0 bridgehead atoms. The summed E-state index contributed by atoms with van der Waals surface area (Å²) < 4.78 is 0. The van der Waals surface area contributed by atoms with Crippen molar-refractivity contribution in [1.29, 1.82) is 0 Å². The van der Waals surface area contributed by atoms with Crippen molar-refractivity contribution in [3.05, 3.63) is 65.2 Å². The SMILES string of the molecule is CCc1ccc(CC(=O)N[C@H](C)c2ccc(N3CCC[C@@H](C)C3)cc2)cc1. The highest BCUT2D eigenvalue weighted by molar-refractivity contribution is 5.79. The summed E-state index contributed by atoms with van der Waals surface area (Å²) in [6.07, 6.45) is 4.06. The molecule has 2 aromatic rings. The largest absolute Gasteiger partial charge is 0.371 e. The van der Waals surface area contributed by atoms with E-state index in [1.807, 2.05) is 0 Å². The van der Waals surface area contributed by atoms with E-state index in [2.05, 4.69) is 79.5 Å². The summed E-state index contributed by atoms with van der Waals surface area (Å²) in [5.41, 5.74) is 4.81. The molecule has 1 fully saturated rings. The average Bonchev–Trinajstić information content (AvgIpc) is 2.68. The van der Waals surface area contributed by atoms with Gasteiger partial charge in [0.15, 0.2) is 0 Å². The topological polar surface area (TPSA) is 32.3 Å². The number of benzene rings is 2. The van der Waals surface area contributed by atoms with Crippen LogP contribution in [0, 0.1) is 5.92 Å². The molecule has 1 amide bonds. The lowest BCUT2D eigenvalue weighted by molar-refractivity contribution is -0.121. The molecule has 27 heavy (non-hydrogen) atoms. The van der Waals surface area contributed by atoms with Gasteiger partial charge in [0.25, 0.3) is 0 Å². The molecule has 1 heterocycles. The minimum Gasteiger partial charge on any atom is -0.371 e. The number of aryl methyl sites for hydroxylation is 1. The fourth-order valence-corrected chi connectivity index (χ4v) is 3.85. The van der Waals surface area contributed by atoms with E-state index in [0.717, 1.165) is 36.6 Å². The fraction of sp³-hybridized carbons (Fsp3) is 0.458. The molecule has 1 saturated heterocycles. The van der Waals surface area contributed by atoms with Crippen LogP contribution in [0.25, 0.3) is 0 Å². The smallest absolute Gasteiger partial charge is 0.224 e. The lowest BCUT2D eigenvalue weighted by atomic mass is 9.99. The van der Waals surface area contributed by atoms with Crippen molar-refractivity contribution in [2.45, 2.75) is 52.5 Å². The van der Waals surface area contributed by atoms with Gasteiger partial charge in [-0.15, -0.1) is 0 Å². The van der Waals surface area contributed by atoms with Crippen LogP contribution in [0.5, 0.6) is 0 Å². The van der Waals surface area contributed by atoms with Crippen LogP contribution in [0.4, 0.5) is 5.69 Å². The Balaban J connectivity index is 1.55. The van der Waals surface area contributed by atoms with Gasteiger partial charge >= 0.3 is 0 Å². The first-order valence-electron chi connectivity index (χ1n) is 10.3. The van der Waals surface area contributed by atoms with E-state index in [4.69, 9.17) is 0 Å². The molecule has 144 valence electrons. The normalized spacial score (nSPS) is 18.2. The van der Waals surface area contributed by atoms with Crippen molar-refractivity contribution in [2.75, 3.05) is 18.0 Å². The molecule has 3 rings (SSSR count). The maximum absolute atomic E-state index is 12.4. The lowest BCUT2D eigenvalue weighted by Crippen LogP contribution is -2.34. The molecular weight excluding hydrogens is 332 g/mol. The molecule has 3 heteroatoms. The number of carbonyl (C=O) groups excluding carboxylic acids is 1. The van der Waals surface area contributed by atoms with Crippen LogP contribution in [0.15, 0.2) is 48.5 Å². The maximum atomic E-state index is 12.4.